The van der Waals surface area contributed by atoms with Crippen molar-refractivity contribution in [3.63, 3.8) is 0 Å². The number of aromatic nitrogens is 1. The van der Waals surface area contributed by atoms with Gasteiger partial charge in [0.05, 0.1) is 19.3 Å². The molecule has 0 saturated carbocycles. The van der Waals surface area contributed by atoms with Gasteiger partial charge in [-0.15, -0.1) is 11.3 Å². The van der Waals surface area contributed by atoms with Crippen molar-refractivity contribution in [2.24, 2.45) is 5.73 Å². The molecule has 0 aliphatic carbocycles. The molecule has 138 valence electrons. The second-order valence-electron chi connectivity index (χ2n) is 6.24. The molecule has 1 aromatic carbocycles. The van der Waals surface area contributed by atoms with E-state index in [0.717, 1.165) is 16.3 Å². The number of ether oxygens (including phenoxy) is 2. The number of amides is 2. The normalized spacial score (nSPS) is 17.3. The lowest BCUT2D eigenvalue weighted by molar-refractivity contribution is -0.133. The molecule has 1 fully saturated rings. The van der Waals surface area contributed by atoms with Gasteiger partial charge in [-0.3, -0.25) is 9.59 Å². The molecule has 0 radical (unpaired) electrons. The molecule has 1 aliphatic rings. The maximum Gasteiger partial charge on any atom is 0.273 e. The minimum atomic E-state index is -0.765. The molecular weight excluding hydrogens is 354 g/mol. The van der Waals surface area contributed by atoms with Crippen molar-refractivity contribution in [3.05, 3.63) is 35.3 Å². The molecule has 7 nitrogen and oxygen atoms in total. The fourth-order valence-corrected chi connectivity index (χ4v) is 3.42. The lowest BCUT2D eigenvalue weighted by Crippen LogP contribution is -2.50. The van der Waals surface area contributed by atoms with E-state index in [4.69, 9.17) is 15.2 Å². The summed E-state index contributed by atoms with van der Waals surface area (Å²) in [5.41, 5.74) is 6.54. The summed E-state index contributed by atoms with van der Waals surface area (Å²) in [7, 11) is 0. The van der Waals surface area contributed by atoms with Crippen LogP contribution in [0.1, 0.15) is 24.3 Å². The number of hydrogen-bond donors (Lipinski definition) is 1. The zero-order chi connectivity index (χ0) is 18.7. The van der Waals surface area contributed by atoms with Crippen LogP contribution in [0.5, 0.6) is 5.75 Å². The van der Waals surface area contributed by atoms with Crippen LogP contribution in [0.2, 0.25) is 0 Å². The van der Waals surface area contributed by atoms with Crippen molar-refractivity contribution in [1.82, 2.24) is 9.88 Å². The highest BCUT2D eigenvalue weighted by Crippen LogP contribution is 2.26. The van der Waals surface area contributed by atoms with E-state index in [9.17, 15) is 9.59 Å². The molecular formula is C18H21N3O4S. The van der Waals surface area contributed by atoms with Gasteiger partial charge in [-0.2, -0.15) is 0 Å². The molecule has 1 atom stereocenters. The van der Waals surface area contributed by atoms with E-state index in [-0.39, 0.29) is 25.2 Å². The van der Waals surface area contributed by atoms with Crippen LogP contribution in [0.15, 0.2) is 29.6 Å². The number of thiazole rings is 1. The number of carbonyl (C=O) groups is 2. The Kier molecular flexibility index (Phi) is 5.53. The molecule has 1 aromatic heterocycles. The second kappa shape index (κ2) is 7.84. The maximum absolute atomic E-state index is 12.6. The van der Waals surface area contributed by atoms with Gasteiger partial charge in [-0.25, -0.2) is 4.98 Å². The number of nitrogens with two attached hydrogens (primary N) is 1. The van der Waals surface area contributed by atoms with Gasteiger partial charge in [0.1, 0.15) is 16.5 Å². The van der Waals surface area contributed by atoms with E-state index in [0.29, 0.717) is 12.2 Å². The molecule has 0 spiro atoms. The summed E-state index contributed by atoms with van der Waals surface area (Å²) in [4.78, 5) is 29.9. The van der Waals surface area contributed by atoms with E-state index in [1.165, 1.54) is 11.3 Å². The zero-order valence-corrected chi connectivity index (χ0v) is 15.5. The minimum Gasteiger partial charge on any atom is -0.491 e. The summed E-state index contributed by atoms with van der Waals surface area (Å²) in [5, 5.41) is 2.48. The molecule has 2 aromatic rings. The van der Waals surface area contributed by atoms with Gasteiger partial charge >= 0.3 is 0 Å². The lowest BCUT2D eigenvalue weighted by Gasteiger charge is -2.30. The largest absolute Gasteiger partial charge is 0.491 e. The van der Waals surface area contributed by atoms with E-state index in [1.807, 2.05) is 38.1 Å². The van der Waals surface area contributed by atoms with Crippen molar-refractivity contribution in [1.29, 1.82) is 0 Å². The summed E-state index contributed by atoms with van der Waals surface area (Å²) in [5.74, 6) is 0.00870. The van der Waals surface area contributed by atoms with Gasteiger partial charge in [0.2, 0.25) is 5.91 Å². The van der Waals surface area contributed by atoms with Gasteiger partial charge in [-0.1, -0.05) is 0 Å². The second-order valence-corrected chi connectivity index (χ2v) is 7.10. The smallest absolute Gasteiger partial charge is 0.273 e. The predicted molar refractivity (Wildman–Crippen MR) is 98.2 cm³/mol. The fourth-order valence-electron chi connectivity index (χ4n) is 2.62. The molecule has 26 heavy (non-hydrogen) atoms. The van der Waals surface area contributed by atoms with Crippen LogP contribution in [-0.4, -0.2) is 53.6 Å². The monoisotopic (exact) mass is 375 g/mol. The number of nitrogens with zero attached hydrogens (tertiary/aromatic N) is 2. The molecule has 0 bridgehead atoms. The van der Waals surface area contributed by atoms with Crippen LogP contribution < -0.4 is 10.5 Å². The number of rotatable bonds is 5. The average molecular weight is 375 g/mol. The SMILES string of the molecule is CC(C)Oc1ccc(-c2nc(C(=O)N3CCOC(C(N)=O)C3)cs2)cc1. The summed E-state index contributed by atoms with van der Waals surface area (Å²) in [6, 6.07) is 7.61. The molecule has 1 unspecified atom stereocenters. The molecule has 2 N–H and O–H groups in total. The van der Waals surface area contributed by atoms with Crippen molar-refractivity contribution < 1.29 is 19.1 Å². The first kappa shape index (κ1) is 18.3. The Bertz CT molecular complexity index is 788. The van der Waals surface area contributed by atoms with Crippen LogP contribution in [0, 0.1) is 0 Å². The van der Waals surface area contributed by atoms with Gasteiger partial charge < -0.3 is 20.1 Å². The Morgan fingerprint density at radius 3 is 2.73 bits per heavy atom. The minimum absolute atomic E-state index is 0.114. The molecule has 2 amide bonds. The maximum atomic E-state index is 12.6. The van der Waals surface area contributed by atoms with Crippen molar-refractivity contribution in [3.8, 4) is 16.3 Å². The quantitative estimate of drug-likeness (QED) is 0.862. The first-order chi connectivity index (χ1) is 12.4. The van der Waals surface area contributed by atoms with Gasteiger partial charge in [0.25, 0.3) is 5.91 Å². The third kappa shape index (κ3) is 4.20. The van der Waals surface area contributed by atoms with Crippen LogP contribution in [0.25, 0.3) is 10.6 Å². The number of hydrogen-bond acceptors (Lipinski definition) is 6. The fraction of sp³-hybridized carbons (Fsp3) is 0.389. The summed E-state index contributed by atoms with van der Waals surface area (Å²) in [6.45, 7) is 4.80. The average Bonchev–Trinajstić information content (AvgIpc) is 3.11. The number of morpholine rings is 1. The van der Waals surface area contributed by atoms with E-state index in [1.54, 1.807) is 10.3 Å². The summed E-state index contributed by atoms with van der Waals surface area (Å²) >= 11 is 1.40. The van der Waals surface area contributed by atoms with Gasteiger partial charge in [0, 0.05) is 17.5 Å². The molecule has 1 saturated heterocycles. The Labute approximate surface area is 155 Å². The van der Waals surface area contributed by atoms with E-state index in [2.05, 4.69) is 4.98 Å². The highest BCUT2D eigenvalue weighted by atomic mass is 32.1. The van der Waals surface area contributed by atoms with Crippen LogP contribution >= 0.6 is 11.3 Å². The van der Waals surface area contributed by atoms with E-state index >= 15 is 0 Å². The van der Waals surface area contributed by atoms with Crippen LogP contribution in [0.4, 0.5) is 0 Å². The molecule has 3 rings (SSSR count). The number of benzene rings is 1. The summed E-state index contributed by atoms with van der Waals surface area (Å²) < 4.78 is 10.9. The predicted octanol–water partition coefficient (Wildman–Crippen LogP) is 1.92. The van der Waals surface area contributed by atoms with Crippen molar-refractivity contribution in [2.45, 2.75) is 26.1 Å². The Morgan fingerprint density at radius 2 is 2.08 bits per heavy atom. The highest BCUT2D eigenvalue weighted by molar-refractivity contribution is 7.13. The number of primary amides is 1. The van der Waals surface area contributed by atoms with Gasteiger partial charge in [0.15, 0.2) is 6.10 Å². The Hall–Kier alpha value is -2.45. The van der Waals surface area contributed by atoms with Crippen LogP contribution in [0.3, 0.4) is 0 Å². The third-order valence-corrected chi connectivity index (χ3v) is 4.76. The lowest BCUT2D eigenvalue weighted by atomic mass is 10.2. The first-order valence-corrected chi connectivity index (χ1v) is 9.25. The zero-order valence-electron chi connectivity index (χ0n) is 14.7. The first-order valence-electron chi connectivity index (χ1n) is 8.37. The highest BCUT2D eigenvalue weighted by Gasteiger charge is 2.29. The van der Waals surface area contributed by atoms with Gasteiger partial charge in [-0.05, 0) is 38.1 Å². The topological polar surface area (TPSA) is 94.8 Å². The molecule has 2 heterocycles. The molecule has 8 heteroatoms. The van der Waals surface area contributed by atoms with Crippen molar-refractivity contribution in [2.75, 3.05) is 19.7 Å². The Morgan fingerprint density at radius 1 is 1.35 bits per heavy atom. The van der Waals surface area contributed by atoms with E-state index < -0.39 is 12.0 Å². The Balaban J connectivity index is 1.71. The molecule has 1 aliphatic heterocycles. The summed E-state index contributed by atoms with van der Waals surface area (Å²) in [6.07, 6.45) is -0.651. The number of carbonyl (C=O) groups excluding carboxylic acids is 2. The third-order valence-electron chi connectivity index (χ3n) is 3.87. The standard InChI is InChI=1S/C18H21N3O4S/c1-11(2)25-13-5-3-12(4-6-13)17-20-14(10-26-17)18(23)21-7-8-24-15(9-21)16(19)22/h3-6,10-11,15H,7-9H2,1-2H3,(H2,19,22). The van der Waals surface area contributed by atoms with Crippen LogP contribution in [-0.2, 0) is 9.53 Å². The van der Waals surface area contributed by atoms with Crippen molar-refractivity contribution >= 4 is 23.2 Å².